The molecule has 90 valence electrons. The molecule has 0 heterocycles. The van der Waals surface area contributed by atoms with Crippen LogP contribution < -0.4 is 5.32 Å². The molecule has 2 rings (SSSR count). The minimum Gasteiger partial charge on any atom is -0.354 e. The van der Waals surface area contributed by atoms with E-state index in [9.17, 15) is 4.39 Å². The number of anilines is 2. The lowest BCUT2D eigenvalue weighted by Gasteiger charge is -2.10. The summed E-state index contributed by atoms with van der Waals surface area (Å²) in [5.74, 6) is -0.259. The first-order valence-corrected chi connectivity index (χ1v) is 6.89. The lowest BCUT2D eigenvalue weighted by atomic mass is 10.2. The van der Waals surface area contributed by atoms with Gasteiger partial charge in [-0.3, -0.25) is 0 Å². The predicted octanol–water partition coefficient (Wildman–Crippen LogP) is 4.81. The molecule has 1 N–H and O–H groups in total. The van der Waals surface area contributed by atoms with Crippen molar-refractivity contribution in [3.8, 4) is 6.07 Å². The van der Waals surface area contributed by atoms with Crippen molar-refractivity contribution < 1.29 is 4.39 Å². The largest absolute Gasteiger partial charge is 0.354 e. The Kier molecular flexibility index (Phi) is 4.19. The molecule has 0 spiro atoms. The van der Waals surface area contributed by atoms with Crippen molar-refractivity contribution >= 4 is 49.9 Å². The molecule has 0 amide bonds. The Morgan fingerprint density at radius 3 is 2.67 bits per heavy atom. The lowest BCUT2D eigenvalue weighted by Crippen LogP contribution is -1.96. The monoisotopic (exact) mass is 416 g/mol. The van der Waals surface area contributed by atoms with Crippen LogP contribution in [0.4, 0.5) is 15.8 Å². The van der Waals surface area contributed by atoms with Gasteiger partial charge in [-0.2, -0.15) is 5.26 Å². The maximum atomic E-state index is 13.4. The average molecular weight is 417 g/mol. The molecule has 0 radical (unpaired) electrons. The maximum absolute atomic E-state index is 13.4. The van der Waals surface area contributed by atoms with Crippen LogP contribution in [0.3, 0.4) is 0 Å². The molecule has 0 atom stereocenters. The minimum atomic E-state index is -0.259. The van der Waals surface area contributed by atoms with Gasteiger partial charge in [0, 0.05) is 4.47 Å². The standard InChI is InChI=1S/C13H7BrFIN2/c14-9-6-8(7-17)4-5-11(9)18-12-3-1-2-10(15)13(12)16/h1-6,18H. The smallest absolute Gasteiger partial charge is 0.138 e. The second kappa shape index (κ2) is 5.67. The highest BCUT2D eigenvalue weighted by atomic mass is 127. The molecule has 0 saturated carbocycles. The van der Waals surface area contributed by atoms with Crippen molar-refractivity contribution in [3.05, 3.63) is 55.8 Å². The highest BCUT2D eigenvalue weighted by Gasteiger charge is 2.07. The van der Waals surface area contributed by atoms with Gasteiger partial charge in [0.25, 0.3) is 0 Å². The first kappa shape index (κ1) is 13.3. The zero-order valence-electron chi connectivity index (χ0n) is 9.05. The van der Waals surface area contributed by atoms with Crippen LogP contribution in [0.2, 0.25) is 0 Å². The topological polar surface area (TPSA) is 35.8 Å². The van der Waals surface area contributed by atoms with Crippen molar-refractivity contribution in [3.63, 3.8) is 0 Å². The zero-order chi connectivity index (χ0) is 13.1. The van der Waals surface area contributed by atoms with Gasteiger partial charge in [0.15, 0.2) is 0 Å². The van der Waals surface area contributed by atoms with E-state index in [1.807, 2.05) is 22.6 Å². The Labute approximate surface area is 126 Å². The summed E-state index contributed by atoms with van der Waals surface area (Å²) in [7, 11) is 0. The molecular formula is C13H7BrFIN2. The third-order valence-corrected chi connectivity index (χ3v) is 4.07. The van der Waals surface area contributed by atoms with E-state index in [2.05, 4.69) is 27.3 Å². The van der Waals surface area contributed by atoms with Gasteiger partial charge in [-0.15, -0.1) is 0 Å². The van der Waals surface area contributed by atoms with E-state index in [1.165, 1.54) is 6.07 Å². The highest BCUT2D eigenvalue weighted by Crippen LogP contribution is 2.29. The average Bonchev–Trinajstić information content (AvgIpc) is 2.37. The minimum absolute atomic E-state index is 0.259. The van der Waals surface area contributed by atoms with Crippen molar-refractivity contribution in [1.29, 1.82) is 5.26 Å². The van der Waals surface area contributed by atoms with Crippen LogP contribution in [0, 0.1) is 20.7 Å². The quantitative estimate of drug-likeness (QED) is 0.713. The summed E-state index contributed by atoms with van der Waals surface area (Å²) in [5, 5.41) is 11.9. The van der Waals surface area contributed by atoms with Gasteiger partial charge in [-0.25, -0.2) is 4.39 Å². The van der Waals surface area contributed by atoms with Crippen LogP contribution >= 0.6 is 38.5 Å². The van der Waals surface area contributed by atoms with E-state index in [4.69, 9.17) is 5.26 Å². The van der Waals surface area contributed by atoms with E-state index >= 15 is 0 Å². The van der Waals surface area contributed by atoms with Crippen molar-refractivity contribution in [2.24, 2.45) is 0 Å². The number of nitrogens with zero attached hydrogens (tertiary/aromatic N) is 1. The number of rotatable bonds is 2. The molecule has 5 heteroatoms. The number of hydrogen-bond acceptors (Lipinski definition) is 2. The molecule has 0 aliphatic rings. The summed E-state index contributed by atoms with van der Waals surface area (Å²) < 4.78 is 14.7. The van der Waals surface area contributed by atoms with Gasteiger partial charge in [0.05, 0.1) is 26.6 Å². The molecule has 0 saturated heterocycles. The molecule has 0 aliphatic heterocycles. The first-order chi connectivity index (χ1) is 8.61. The van der Waals surface area contributed by atoms with E-state index in [0.29, 0.717) is 14.8 Å². The molecular weight excluding hydrogens is 410 g/mol. The molecule has 18 heavy (non-hydrogen) atoms. The van der Waals surface area contributed by atoms with Crippen molar-refractivity contribution in [2.75, 3.05) is 5.32 Å². The Balaban J connectivity index is 2.35. The fourth-order valence-electron chi connectivity index (χ4n) is 1.43. The predicted molar refractivity (Wildman–Crippen MR) is 81.3 cm³/mol. The molecule has 2 aromatic carbocycles. The zero-order valence-corrected chi connectivity index (χ0v) is 12.8. The Hall–Kier alpha value is -1.13. The fourth-order valence-corrected chi connectivity index (χ4v) is 2.40. The van der Waals surface area contributed by atoms with Gasteiger partial charge in [-0.05, 0) is 68.9 Å². The summed E-state index contributed by atoms with van der Waals surface area (Å²) in [6.45, 7) is 0. The lowest BCUT2D eigenvalue weighted by molar-refractivity contribution is 0.621. The number of nitrogens with one attached hydrogen (secondary N) is 1. The third kappa shape index (κ3) is 2.82. The van der Waals surface area contributed by atoms with Gasteiger partial charge < -0.3 is 5.32 Å². The van der Waals surface area contributed by atoms with Crippen LogP contribution in [0.1, 0.15) is 5.56 Å². The van der Waals surface area contributed by atoms with Crippen LogP contribution in [-0.2, 0) is 0 Å². The van der Waals surface area contributed by atoms with E-state index in [1.54, 1.807) is 30.3 Å². The molecule has 0 aliphatic carbocycles. The Morgan fingerprint density at radius 1 is 1.22 bits per heavy atom. The summed E-state index contributed by atoms with van der Waals surface area (Å²) >= 11 is 5.33. The van der Waals surface area contributed by atoms with Crippen LogP contribution in [0.5, 0.6) is 0 Å². The van der Waals surface area contributed by atoms with Crippen molar-refractivity contribution in [2.45, 2.75) is 0 Å². The molecule has 0 bridgehead atoms. The molecule has 2 nitrogen and oxygen atoms in total. The highest BCUT2D eigenvalue weighted by molar-refractivity contribution is 14.1. The maximum Gasteiger partial charge on any atom is 0.138 e. The van der Waals surface area contributed by atoms with Gasteiger partial charge >= 0.3 is 0 Å². The first-order valence-electron chi connectivity index (χ1n) is 5.02. The molecule has 2 aromatic rings. The third-order valence-electron chi connectivity index (χ3n) is 2.32. The number of benzene rings is 2. The molecule has 0 unspecified atom stereocenters. The van der Waals surface area contributed by atoms with Gasteiger partial charge in [-0.1, -0.05) is 6.07 Å². The number of nitriles is 1. The van der Waals surface area contributed by atoms with Gasteiger partial charge in [0.1, 0.15) is 5.82 Å². The van der Waals surface area contributed by atoms with Crippen LogP contribution in [0.25, 0.3) is 0 Å². The Bertz CT molecular complexity index is 637. The molecule has 0 aromatic heterocycles. The second-order valence-corrected chi connectivity index (χ2v) is 5.47. The summed E-state index contributed by atoms with van der Waals surface area (Å²) in [5.41, 5.74) is 2.06. The summed E-state index contributed by atoms with van der Waals surface area (Å²) in [4.78, 5) is 0. The summed E-state index contributed by atoms with van der Waals surface area (Å²) in [6.07, 6.45) is 0. The SMILES string of the molecule is N#Cc1ccc(Nc2cccc(F)c2I)c(Br)c1. The van der Waals surface area contributed by atoms with Crippen molar-refractivity contribution in [1.82, 2.24) is 0 Å². The summed E-state index contributed by atoms with van der Waals surface area (Å²) in [6, 6.07) is 12.1. The van der Waals surface area contributed by atoms with E-state index in [-0.39, 0.29) is 5.82 Å². The number of hydrogen-bond donors (Lipinski definition) is 1. The van der Waals surface area contributed by atoms with Gasteiger partial charge in [0.2, 0.25) is 0 Å². The molecule has 0 fully saturated rings. The fraction of sp³-hybridized carbons (Fsp3) is 0. The number of halogens is 3. The van der Waals surface area contributed by atoms with Crippen LogP contribution in [-0.4, -0.2) is 0 Å². The Morgan fingerprint density at radius 2 is 2.00 bits per heavy atom. The second-order valence-electron chi connectivity index (χ2n) is 3.53. The van der Waals surface area contributed by atoms with Crippen LogP contribution in [0.15, 0.2) is 40.9 Å². The van der Waals surface area contributed by atoms with E-state index < -0.39 is 0 Å². The normalized spacial score (nSPS) is 9.89. The van der Waals surface area contributed by atoms with E-state index in [0.717, 1.165) is 10.2 Å².